The molecule has 0 aliphatic heterocycles. The molecule has 1 N–H and O–H groups in total. The van der Waals surface area contributed by atoms with Gasteiger partial charge in [0, 0.05) is 18.0 Å². The van der Waals surface area contributed by atoms with Crippen molar-refractivity contribution in [1.82, 2.24) is 10.3 Å². The van der Waals surface area contributed by atoms with Crippen LogP contribution in [-0.4, -0.2) is 24.7 Å². The summed E-state index contributed by atoms with van der Waals surface area (Å²) in [5.41, 5.74) is -0.572. The number of nitrogens with one attached hydrogen (secondary N) is 1. The van der Waals surface area contributed by atoms with Crippen molar-refractivity contribution in [3.05, 3.63) is 29.6 Å². The molecule has 0 spiro atoms. The molecule has 3 nitrogen and oxygen atoms in total. The van der Waals surface area contributed by atoms with Gasteiger partial charge in [0.2, 0.25) is 0 Å². The average Bonchev–Trinajstić information content (AvgIpc) is 2.29. The molecule has 0 saturated carbocycles. The van der Waals surface area contributed by atoms with E-state index in [0.717, 1.165) is 12.3 Å². The third kappa shape index (κ3) is 3.96. The Morgan fingerprint density at radius 3 is 2.56 bits per heavy atom. The van der Waals surface area contributed by atoms with Crippen LogP contribution in [0.4, 0.5) is 13.2 Å². The smallest absolute Gasteiger partial charge is 0.377 e. The number of nitrogens with zero attached hydrogens (tertiary/aromatic N) is 1. The van der Waals surface area contributed by atoms with Gasteiger partial charge in [-0.25, -0.2) is 0 Å². The molecule has 102 valence electrons. The second kappa shape index (κ2) is 6.15. The molecule has 0 saturated heterocycles. The van der Waals surface area contributed by atoms with Crippen LogP contribution in [0.5, 0.6) is 0 Å². The van der Waals surface area contributed by atoms with Crippen molar-refractivity contribution in [2.45, 2.75) is 32.2 Å². The first-order chi connectivity index (χ1) is 8.36. The molecule has 0 aromatic carbocycles. The molecule has 18 heavy (non-hydrogen) atoms. The third-order valence-corrected chi connectivity index (χ3v) is 2.48. The lowest BCUT2D eigenvalue weighted by Gasteiger charge is -2.21. The summed E-state index contributed by atoms with van der Waals surface area (Å²) in [6, 6.07) is 0.451. The molecule has 0 aliphatic rings. The quantitative estimate of drug-likeness (QED) is 0.886. The van der Waals surface area contributed by atoms with Gasteiger partial charge in [0.1, 0.15) is 0 Å². The van der Waals surface area contributed by atoms with Gasteiger partial charge in [-0.15, -0.1) is 0 Å². The van der Waals surface area contributed by atoms with Crippen molar-refractivity contribution >= 4 is 0 Å². The van der Waals surface area contributed by atoms with Crippen molar-refractivity contribution < 1.29 is 17.9 Å². The van der Waals surface area contributed by atoms with Crippen molar-refractivity contribution in [2.24, 2.45) is 0 Å². The maximum atomic E-state index is 12.8. The Hall–Kier alpha value is -1.14. The Bertz CT molecular complexity index is 380. The minimum absolute atomic E-state index is 0.0353. The van der Waals surface area contributed by atoms with Gasteiger partial charge in [0.05, 0.1) is 24.3 Å². The summed E-state index contributed by atoms with van der Waals surface area (Å²) in [5, 5.41) is 2.82. The maximum Gasteiger partial charge on any atom is 0.416 e. The molecule has 1 aromatic rings. The lowest BCUT2D eigenvalue weighted by Crippen LogP contribution is -2.26. The van der Waals surface area contributed by atoms with Gasteiger partial charge in [0.15, 0.2) is 0 Å². The van der Waals surface area contributed by atoms with Crippen LogP contribution in [0.15, 0.2) is 18.5 Å². The van der Waals surface area contributed by atoms with Crippen LogP contribution < -0.4 is 5.32 Å². The Kier molecular flexibility index (Phi) is 5.10. The van der Waals surface area contributed by atoms with E-state index in [2.05, 4.69) is 10.3 Å². The van der Waals surface area contributed by atoms with Gasteiger partial charge in [-0.3, -0.25) is 4.98 Å². The van der Waals surface area contributed by atoms with Crippen LogP contribution in [0, 0.1) is 0 Å². The van der Waals surface area contributed by atoms with E-state index in [1.54, 1.807) is 7.05 Å². The highest BCUT2D eigenvalue weighted by Gasteiger charge is 2.35. The molecule has 1 rings (SSSR count). The third-order valence-electron chi connectivity index (χ3n) is 2.48. The van der Waals surface area contributed by atoms with Crippen LogP contribution in [0.3, 0.4) is 0 Å². The average molecular weight is 262 g/mol. The van der Waals surface area contributed by atoms with Crippen LogP contribution >= 0.6 is 0 Å². The summed E-state index contributed by atoms with van der Waals surface area (Å²) in [6.07, 6.45) is -2.05. The Labute approximate surface area is 104 Å². The molecule has 6 heteroatoms. The fourth-order valence-corrected chi connectivity index (χ4v) is 1.56. The van der Waals surface area contributed by atoms with Gasteiger partial charge in [-0.2, -0.15) is 13.2 Å². The molecule has 0 aliphatic carbocycles. The van der Waals surface area contributed by atoms with E-state index in [4.69, 9.17) is 4.74 Å². The lowest BCUT2D eigenvalue weighted by atomic mass is 10.0. The highest BCUT2D eigenvalue weighted by molar-refractivity contribution is 5.29. The second-order valence-electron chi connectivity index (χ2n) is 4.18. The van der Waals surface area contributed by atoms with Crippen LogP contribution in [-0.2, 0) is 10.9 Å². The highest BCUT2D eigenvalue weighted by atomic mass is 19.4. The molecule has 1 aromatic heterocycles. The maximum absolute atomic E-state index is 12.8. The number of hydrogen-bond acceptors (Lipinski definition) is 3. The van der Waals surface area contributed by atoms with Crippen LogP contribution in [0.2, 0.25) is 0 Å². The Morgan fingerprint density at radius 1 is 1.39 bits per heavy atom. The minimum Gasteiger partial charge on any atom is -0.377 e. The summed E-state index contributed by atoms with van der Waals surface area (Å²) in [4.78, 5) is 3.76. The van der Waals surface area contributed by atoms with Crippen molar-refractivity contribution in [3.8, 4) is 0 Å². The van der Waals surface area contributed by atoms with E-state index in [0.29, 0.717) is 0 Å². The van der Waals surface area contributed by atoms with Gasteiger partial charge < -0.3 is 10.1 Å². The molecule has 1 atom stereocenters. The highest BCUT2D eigenvalue weighted by Crippen LogP contribution is 2.34. The van der Waals surface area contributed by atoms with E-state index in [1.807, 2.05) is 13.8 Å². The number of rotatable bonds is 5. The lowest BCUT2D eigenvalue weighted by molar-refractivity contribution is -0.138. The van der Waals surface area contributed by atoms with Crippen molar-refractivity contribution in [1.29, 1.82) is 0 Å². The number of ether oxygens (including phenoxy) is 1. The largest absolute Gasteiger partial charge is 0.416 e. The van der Waals surface area contributed by atoms with E-state index in [-0.39, 0.29) is 18.3 Å². The summed E-state index contributed by atoms with van der Waals surface area (Å²) >= 11 is 0. The standard InChI is InChI=1S/C12H17F3N2O/c1-8(2)18-7-11(16-3)9-6-17-5-4-10(9)12(13,14)15/h4-6,8,11,16H,7H2,1-3H3. The predicted octanol–water partition coefficient (Wildman–Crippen LogP) is 2.79. The van der Waals surface area contributed by atoms with E-state index >= 15 is 0 Å². The second-order valence-corrected chi connectivity index (χ2v) is 4.18. The summed E-state index contributed by atoms with van der Waals surface area (Å²) in [6.45, 7) is 3.84. The topological polar surface area (TPSA) is 34.1 Å². The normalized spacial score (nSPS) is 13.9. The van der Waals surface area contributed by atoms with Crippen LogP contribution in [0.25, 0.3) is 0 Å². The molecule has 0 radical (unpaired) electrons. The molecule has 0 fully saturated rings. The van der Waals surface area contributed by atoms with Crippen molar-refractivity contribution in [2.75, 3.05) is 13.7 Å². The number of alkyl halides is 3. The Balaban J connectivity index is 2.98. The molecule has 1 unspecified atom stereocenters. The zero-order chi connectivity index (χ0) is 13.8. The predicted molar refractivity (Wildman–Crippen MR) is 62.1 cm³/mol. The van der Waals surface area contributed by atoms with Gasteiger partial charge in [-0.05, 0) is 27.0 Å². The monoisotopic (exact) mass is 262 g/mol. The van der Waals surface area contributed by atoms with E-state index in [1.165, 1.54) is 6.20 Å². The van der Waals surface area contributed by atoms with Crippen molar-refractivity contribution in [3.63, 3.8) is 0 Å². The molecular formula is C12H17F3N2O. The van der Waals surface area contributed by atoms with Gasteiger partial charge >= 0.3 is 6.18 Å². The fraction of sp³-hybridized carbons (Fsp3) is 0.583. The zero-order valence-corrected chi connectivity index (χ0v) is 10.6. The summed E-state index contributed by atoms with van der Waals surface area (Å²) < 4.78 is 43.9. The number of halogens is 3. The molecular weight excluding hydrogens is 245 g/mol. The number of aromatic nitrogens is 1. The Morgan fingerprint density at radius 2 is 2.06 bits per heavy atom. The number of likely N-dealkylation sites (N-methyl/N-ethyl adjacent to an activating group) is 1. The summed E-state index contributed by atoms with van der Waals surface area (Å²) in [5.74, 6) is 0. The zero-order valence-electron chi connectivity index (χ0n) is 10.6. The van der Waals surface area contributed by atoms with Crippen LogP contribution in [0.1, 0.15) is 31.0 Å². The minimum atomic E-state index is -4.38. The molecule has 0 bridgehead atoms. The first kappa shape index (κ1) is 14.9. The number of pyridine rings is 1. The SMILES string of the molecule is CNC(COC(C)C)c1cnccc1C(F)(F)F. The first-order valence-electron chi connectivity index (χ1n) is 5.66. The fourth-order valence-electron chi connectivity index (χ4n) is 1.56. The van der Waals surface area contributed by atoms with Gasteiger partial charge in [0.25, 0.3) is 0 Å². The molecule has 0 amide bonds. The van der Waals surface area contributed by atoms with E-state index < -0.39 is 17.8 Å². The van der Waals surface area contributed by atoms with Gasteiger partial charge in [-0.1, -0.05) is 0 Å². The van der Waals surface area contributed by atoms with E-state index in [9.17, 15) is 13.2 Å². The summed E-state index contributed by atoms with van der Waals surface area (Å²) in [7, 11) is 1.60. The number of hydrogen-bond donors (Lipinski definition) is 1. The first-order valence-corrected chi connectivity index (χ1v) is 5.66. The molecule has 1 heterocycles.